The molecule has 0 spiro atoms. The number of hydrogen-bond acceptors (Lipinski definition) is 3. The molecule has 0 aromatic rings. The summed E-state index contributed by atoms with van der Waals surface area (Å²) in [5.74, 6) is 0.928. The van der Waals surface area contributed by atoms with Crippen molar-refractivity contribution in [2.75, 3.05) is 18.8 Å². The molecular formula is C13H24N2O2S. The Bertz CT molecular complexity index is 392. The van der Waals surface area contributed by atoms with Gasteiger partial charge in [0.2, 0.25) is 10.0 Å². The van der Waals surface area contributed by atoms with Crippen molar-refractivity contribution in [1.29, 1.82) is 0 Å². The van der Waals surface area contributed by atoms with Crippen LogP contribution in [0.15, 0.2) is 0 Å². The highest BCUT2D eigenvalue weighted by molar-refractivity contribution is 7.89. The molecule has 0 aromatic carbocycles. The number of rotatable bonds is 5. The molecule has 18 heavy (non-hydrogen) atoms. The van der Waals surface area contributed by atoms with E-state index in [2.05, 4.69) is 5.32 Å². The number of fused-ring (bicyclic) bond motifs is 1. The Hall–Kier alpha value is -0.130. The van der Waals surface area contributed by atoms with Crippen molar-refractivity contribution in [3.8, 4) is 0 Å². The minimum atomic E-state index is -3.03. The zero-order valence-electron chi connectivity index (χ0n) is 11.0. The maximum absolute atomic E-state index is 12.4. The highest BCUT2D eigenvalue weighted by Crippen LogP contribution is 2.37. The molecule has 2 atom stereocenters. The third kappa shape index (κ3) is 2.73. The molecule has 3 fully saturated rings. The molecule has 1 heterocycles. The van der Waals surface area contributed by atoms with Crippen molar-refractivity contribution in [3.05, 3.63) is 0 Å². The van der Waals surface area contributed by atoms with E-state index in [1.165, 1.54) is 32.1 Å². The molecule has 2 saturated carbocycles. The topological polar surface area (TPSA) is 49.4 Å². The van der Waals surface area contributed by atoms with Crippen LogP contribution < -0.4 is 5.32 Å². The van der Waals surface area contributed by atoms with Gasteiger partial charge in [0.1, 0.15) is 0 Å². The smallest absolute Gasteiger partial charge is 0.215 e. The van der Waals surface area contributed by atoms with Crippen LogP contribution in [0.5, 0.6) is 0 Å². The first-order chi connectivity index (χ1) is 8.67. The van der Waals surface area contributed by atoms with E-state index in [1.807, 2.05) is 4.31 Å². The van der Waals surface area contributed by atoms with Crippen LogP contribution in [0.25, 0.3) is 0 Å². The lowest BCUT2D eigenvalue weighted by molar-refractivity contribution is 0.260. The average molecular weight is 272 g/mol. The highest BCUT2D eigenvalue weighted by Gasteiger charge is 2.41. The predicted molar refractivity (Wildman–Crippen MR) is 71.9 cm³/mol. The van der Waals surface area contributed by atoms with Crippen LogP contribution >= 0.6 is 0 Å². The molecule has 0 bridgehead atoms. The minimum absolute atomic E-state index is 0.284. The molecule has 5 heteroatoms. The van der Waals surface area contributed by atoms with Crippen LogP contribution in [0.2, 0.25) is 0 Å². The Balaban J connectivity index is 1.57. The Morgan fingerprint density at radius 3 is 2.61 bits per heavy atom. The Labute approximate surface area is 110 Å². The van der Waals surface area contributed by atoms with Crippen molar-refractivity contribution in [1.82, 2.24) is 9.62 Å². The van der Waals surface area contributed by atoms with Crippen LogP contribution in [0.1, 0.15) is 44.9 Å². The summed E-state index contributed by atoms with van der Waals surface area (Å²) in [4.78, 5) is 0. The van der Waals surface area contributed by atoms with E-state index in [0.717, 1.165) is 19.4 Å². The van der Waals surface area contributed by atoms with Crippen LogP contribution in [-0.2, 0) is 10.0 Å². The van der Waals surface area contributed by atoms with Crippen LogP contribution in [-0.4, -0.2) is 43.6 Å². The maximum Gasteiger partial charge on any atom is 0.215 e. The number of nitrogens with zero attached hydrogens (tertiary/aromatic N) is 1. The van der Waals surface area contributed by atoms with Crippen molar-refractivity contribution in [2.24, 2.45) is 5.92 Å². The first-order valence-electron chi connectivity index (χ1n) is 7.40. The summed E-state index contributed by atoms with van der Waals surface area (Å²) in [5.41, 5.74) is 0. The van der Waals surface area contributed by atoms with Crippen molar-refractivity contribution < 1.29 is 8.42 Å². The fourth-order valence-corrected chi connectivity index (χ4v) is 5.19. The van der Waals surface area contributed by atoms with Gasteiger partial charge >= 0.3 is 0 Å². The van der Waals surface area contributed by atoms with Gasteiger partial charge in [-0.15, -0.1) is 0 Å². The normalized spacial score (nSPS) is 33.6. The minimum Gasteiger partial charge on any atom is -0.313 e. The lowest BCUT2D eigenvalue weighted by Crippen LogP contribution is -2.42. The zero-order chi connectivity index (χ0) is 12.6. The molecule has 0 amide bonds. The molecule has 104 valence electrons. The maximum atomic E-state index is 12.4. The number of nitrogens with one attached hydrogen (secondary N) is 1. The van der Waals surface area contributed by atoms with Crippen molar-refractivity contribution in [2.45, 2.75) is 57.0 Å². The number of hydrogen-bond donors (Lipinski definition) is 1. The summed E-state index contributed by atoms with van der Waals surface area (Å²) in [5, 5.41) is 3.30. The van der Waals surface area contributed by atoms with Crippen molar-refractivity contribution >= 4 is 10.0 Å². The van der Waals surface area contributed by atoms with Crippen LogP contribution in [0.4, 0.5) is 0 Å². The number of sulfonamides is 1. The molecule has 1 aliphatic heterocycles. The summed E-state index contributed by atoms with van der Waals surface area (Å²) < 4.78 is 26.6. The van der Waals surface area contributed by atoms with Gasteiger partial charge in [-0.05, 0) is 38.0 Å². The molecule has 0 aromatic heterocycles. The highest BCUT2D eigenvalue weighted by atomic mass is 32.2. The van der Waals surface area contributed by atoms with E-state index in [0.29, 0.717) is 24.5 Å². The summed E-state index contributed by atoms with van der Waals surface area (Å²) >= 11 is 0. The molecule has 2 unspecified atom stereocenters. The molecule has 1 N–H and O–H groups in total. The van der Waals surface area contributed by atoms with Gasteiger partial charge < -0.3 is 5.32 Å². The van der Waals surface area contributed by atoms with Gasteiger partial charge in [0.25, 0.3) is 0 Å². The monoisotopic (exact) mass is 272 g/mol. The summed E-state index contributed by atoms with van der Waals surface area (Å²) in [6.07, 6.45) is 8.33. The summed E-state index contributed by atoms with van der Waals surface area (Å²) in [7, 11) is -3.03. The van der Waals surface area contributed by atoms with E-state index in [-0.39, 0.29) is 5.75 Å². The SMILES string of the molecule is O=S(=O)(CCNC1CC1)N1CCC2CCCCC21. The third-order valence-electron chi connectivity index (χ3n) is 4.69. The fraction of sp³-hybridized carbons (Fsp3) is 1.00. The van der Waals surface area contributed by atoms with E-state index < -0.39 is 10.0 Å². The molecular weight excluding hydrogens is 248 g/mol. The van der Waals surface area contributed by atoms with Gasteiger partial charge in [-0.25, -0.2) is 8.42 Å². The van der Waals surface area contributed by atoms with Crippen LogP contribution in [0.3, 0.4) is 0 Å². The van der Waals surface area contributed by atoms with E-state index in [9.17, 15) is 8.42 Å². The van der Waals surface area contributed by atoms with Gasteiger partial charge in [0.15, 0.2) is 0 Å². The quantitative estimate of drug-likeness (QED) is 0.821. The van der Waals surface area contributed by atoms with E-state index >= 15 is 0 Å². The van der Waals surface area contributed by atoms with E-state index in [4.69, 9.17) is 0 Å². The summed E-state index contributed by atoms with van der Waals surface area (Å²) in [6.45, 7) is 1.39. The second kappa shape index (κ2) is 5.10. The van der Waals surface area contributed by atoms with Crippen molar-refractivity contribution in [3.63, 3.8) is 0 Å². The Morgan fingerprint density at radius 1 is 1.06 bits per heavy atom. The predicted octanol–water partition coefficient (Wildman–Crippen LogP) is 1.33. The third-order valence-corrected chi connectivity index (χ3v) is 6.57. The molecule has 4 nitrogen and oxygen atoms in total. The van der Waals surface area contributed by atoms with Crippen LogP contribution in [0, 0.1) is 5.92 Å². The van der Waals surface area contributed by atoms with Gasteiger partial charge in [0.05, 0.1) is 5.75 Å². The Kier molecular flexibility index (Phi) is 3.65. The zero-order valence-corrected chi connectivity index (χ0v) is 11.8. The van der Waals surface area contributed by atoms with Gasteiger partial charge in [-0.1, -0.05) is 12.8 Å². The lowest BCUT2D eigenvalue weighted by atomic mass is 9.86. The first-order valence-corrected chi connectivity index (χ1v) is 9.00. The second-order valence-electron chi connectivity index (χ2n) is 6.06. The summed E-state index contributed by atoms with van der Waals surface area (Å²) in [6, 6.07) is 0.922. The molecule has 1 saturated heterocycles. The van der Waals surface area contributed by atoms with Gasteiger partial charge in [0, 0.05) is 25.2 Å². The molecule has 3 aliphatic rings. The molecule has 2 aliphatic carbocycles. The average Bonchev–Trinajstić information content (AvgIpc) is 3.06. The van der Waals surface area contributed by atoms with Gasteiger partial charge in [-0.3, -0.25) is 0 Å². The second-order valence-corrected chi connectivity index (χ2v) is 8.10. The standard InChI is InChI=1S/C13H24N2O2S/c16-18(17,10-8-14-12-5-6-12)15-9-7-11-3-1-2-4-13(11)15/h11-14H,1-10H2. The first kappa shape index (κ1) is 12.9. The molecule has 3 rings (SSSR count). The molecule has 0 radical (unpaired) electrons. The van der Waals surface area contributed by atoms with Gasteiger partial charge in [-0.2, -0.15) is 4.31 Å². The lowest BCUT2D eigenvalue weighted by Gasteiger charge is -2.31. The Morgan fingerprint density at radius 2 is 1.83 bits per heavy atom. The fourth-order valence-electron chi connectivity index (χ4n) is 3.50. The largest absolute Gasteiger partial charge is 0.313 e. The van der Waals surface area contributed by atoms with E-state index in [1.54, 1.807) is 0 Å².